The van der Waals surface area contributed by atoms with Crippen molar-refractivity contribution in [2.75, 3.05) is 0 Å². The third kappa shape index (κ3) is 5.75. The molecule has 0 aliphatic heterocycles. The van der Waals surface area contributed by atoms with Gasteiger partial charge in [-0.05, 0) is 50.5 Å². The van der Waals surface area contributed by atoms with Crippen molar-refractivity contribution in [3.63, 3.8) is 0 Å². The number of ether oxygens (including phenoxy) is 1. The molecule has 2 aromatic carbocycles. The van der Waals surface area contributed by atoms with Crippen molar-refractivity contribution < 1.29 is 14.3 Å². The number of hydrogen-bond acceptors (Lipinski definition) is 4. The molecule has 0 unspecified atom stereocenters. The quantitative estimate of drug-likeness (QED) is 0.778. The summed E-state index contributed by atoms with van der Waals surface area (Å²) in [5.41, 5.74) is 1.83. The molecule has 0 aliphatic rings. The molecular weight excluding hydrogens is 328 g/mol. The smallest absolute Gasteiger partial charge is 0.338 e. The summed E-state index contributed by atoms with van der Waals surface area (Å²) in [6.45, 7) is 3.46. The van der Waals surface area contributed by atoms with E-state index in [0.29, 0.717) is 5.56 Å². The summed E-state index contributed by atoms with van der Waals surface area (Å²) >= 11 is 0. The van der Waals surface area contributed by atoms with E-state index in [-0.39, 0.29) is 17.5 Å². The molecule has 134 valence electrons. The van der Waals surface area contributed by atoms with Crippen molar-refractivity contribution in [3.05, 3.63) is 71.3 Å². The van der Waals surface area contributed by atoms with E-state index >= 15 is 0 Å². The van der Waals surface area contributed by atoms with Gasteiger partial charge in [0.05, 0.1) is 17.2 Å². The van der Waals surface area contributed by atoms with E-state index in [2.05, 4.69) is 5.32 Å². The van der Waals surface area contributed by atoms with Crippen LogP contribution in [-0.4, -0.2) is 24.0 Å². The zero-order valence-corrected chi connectivity index (χ0v) is 14.9. The van der Waals surface area contributed by atoms with Gasteiger partial charge in [0.1, 0.15) is 0 Å². The molecule has 0 spiro atoms. The van der Waals surface area contributed by atoms with Crippen LogP contribution in [0, 0.1) is 11.3 Å². The molecule has 0 heterocycles. The lowest BCUT2D eigenvalue weighted by molar-refractivity contribution is -0.129. The Balaban J connectivity index is 1.82. The highest BCUT2D eigenvalue weighted by Crippen LogP contribution is 2.09. The van der Waals surface area contributed by atoms with Crippen LogP contribution in [0.4, 0.5) is 0 Å². The Bertz CT molecular complexity index is 796. The third-order valence-electron chi connectivity index (χ3n) is 3.98. The van der Waals surface area contributed by atoms with E-state index in [9.17, 15) is 9.59 Å². The number of nitriles is 1. The predicted octanol–water partition coefficient (Wildman–Crippen LogP) is 3.24. The minimum absolute atomic E-state index is 0.0363. The summed E-state index contributed by atoms with van der Waals surface area (Å²) in [6.07, 6.45) is 0.741. The van der Waals surface area contributed by atoms with Crippen molar-refractivity contribution in [3.8, 4) is 6.07 Å². The number of carbonyl (C=O) groups is 2. The third-order valence-corrected chi connectivity index (χ3v) is 3.98. The molecule has 0 radical (unpaired) electrons. The number of hydrogen-bond donors (Lipinski definition) is 1. The first-order chi connectivity index (χ1) is 12.5. The summed E-state index contributed by atoms with van der Waals surface area (Å²) in [4.78, 5) is 24.3. The van der Waals surface area contributed by atoms with Crippen LogP contribution in [0.5, 0.6) is 0 Å². The molecule has 2 rings (SSSR count). The fourth-order valence-corrected chi connectivity index (χ4v) is 2.46. The van der Waals surface area contributed by atoms with E-state index in [1.165, 1.54) is 18.6 Å². The molecule has 26 heavy (non-hydrogen) atoms. The standard InChI is InChI=1S/C21H22N2O3/c1-15(11-12-17-7-4-3-5-8-17)23-20(24)16(2)26-21(25)19-10-6-9-18(13-19)14-22/h3-10,13,15-16H,11-12H2,1-2H3,(H,23,24)/t15-,16-/m0/s1. The van der Waals surface area contributed by atoms with Gasteiger partial charge in [-0.3, -0.25) is 4.79 Å². The average molecular weight is 350 g/mol. The Labute approximate surface area is 153 Å². The van der Waals surface area contributed by atoms with Gasteiger partial charge in [0, 0.05) is 6.04 Å². The monoisotopic (exact) mass is 350 g/mol. The van der Waals surface area contributed by atoms with Crippen LogP contribution in [0.15, 0.2) is 54.6 Å². The van der Waals surface area contributed by atoms with E-state index in [4.69, 9.17) is 10.00 Å². The minimum atomic E-state index is -0.910. The molecule has 0 fully saturated rings. The number of carbonyl (C=O) groups excluding carboxylic acids is 2. The van der Waals surface area contributed by atoms with Crippen LogP contribution in [0.2, 0.25) is 0 Å². The second-order valence-corrected chi connectivity index (χ2v) is 6.17. The molecule has 2 atom stereocenters. The normalized spacial score (nSPS) is 12.5. The molecule has 1 N–H and O–H groups in total. The van der Waals surface area contributed by atoms with E-state index < -0.39 is 12.1 Å². The minimum Gasteiger partial charge on any atom is -0.449 e. The van der Waals surface area contributed by atoms with Crippen molar-refractivity contribution in [1.82, 2.24) is 5.32 Å². The number of nitrogens with one attached hydrogen (secondary N) is 1. The number of rotatable bonds is 7. The maximum atomic E-state index is 12.2. The Morgan fingerprint density at radius 1 is 1.12 bits per heavy atom. The van der Waals surface area contributed by atoms with Gasteiger partial charge in [-0.1, -0.05) is 36.4 Å². The Hall–Kier alpha value is -3.13. The van der Waals surface area contributed by atoms with Gasteiger partial charge in [0.25, 0.3) is 5.91 Å². The number of esters is 1. The lowest BCUT2D eigenvalue weighted by atomic mass is 10.1. The SMILES string of the molecule is C[C@H](OC(=O)c1cccc(C#N)c1)C(=O)N[C@@H](C)CCc1ccccc1. The molecule has 0 bridgehead atoms. The Kier molecular flexibility index (Phi) is 6.92. The molecule has 0 aromatic heterocycles. The molecule has 0 saturated carbocycles. The summed E-state index contributed by atoms with van der Waals surface area (Å²) < 4.78 is 5.20. The van der Waals surface area contributed by atoms with Crippen LogP contribution in [-0.2, 0) is 16.0 Å². The molecule has 2 aromatic rings. The molecule has 0 aliphatic carbocycles. The molecular formula is C21H22N2O3. The zero-order valence-electron chi connectivity index (χ0n) is 14.9. The van der Waals surface area contributed by atoms with Gasteiger partial charge in [0.15, 0.2) is 6.10 Å². The van der Waals surface area contributed by atoms with Crippen molar-refractivity contribution in [1.29, 1.82) is 5.26 Å². The van der Waals surface area contributed by atoms with Gasteiger partial charge >= 0.3 is 5.97 Å². The summed E-state index contributed by atoms with van der Waals surface area (Å²) in [6, 6.07) is 18.2. The Morgan fingerprint density at radius 3 is 2.54 bits per heavy atom. The molecule has 5 heteroatoms. The molecule has 0 saturated heterocycles. The second kappa shape index (κ2) is 9.38. The highest BCUT2D eigenvalue weighted by molar-refractivity contribution is 5.92. The van der Waals surface area contributed by atoms with Crippen LogP contribution in [0.25, 0.3) is 0 Å². The van der Waals surface area contributed by atoms with Crippen molar-refractivity contribution >= 4 is 11.9 Å². The first-order valence-electron chi connectivity index (χ1n) is 8.55. The van der Waals surface area contributed by atoms with Crippen LogP contribution in [0.1, 0.15) is 41.8 Å². The van der Waals surface area contributed by atoms with E-state index in [1.54, 1.807) is 18.2 Å². The lowest BCUT2D eigenvalue weighted by Crippen LogP contribution is -2.41. The lowest BCUT2D eigenvalue weighted by Gasteiger charge is -2.18. The van der Waals surface area contributed by atoms with Crippen LogP contribution >= 0.6 is 0 Å². The largest absolute Gasteiger partial charge is 0.449 e. The maximum Gasteiger partial charge on any atom is 0.338 e. The van der Waals surface area contributed by atoms with E-state index in [0.717, 1.165) is 12.8 Å². The summed E-state index contributed by atoms with van der Waals surface area (Å²) in [7, 11) is 0. The van der Waals surface area contributed by atoms with Gasteiger partial charge in [-0.25, -0.2) is 4.79 Å². The first kappa shape index (κ1) is 19.2. The maximum absolute atomic E-state index is 12.2. The van der Waals surface area contributed by atoms with Gasteiger partial charge in [-0.2, -0.15) is 5.26 Å². The summed E-state index contributed by atoms with van der Waals surface area (Å²) in [5, 5.41) is 11.7. The number of benzene rings is 2. The number of amides is 1. The summed E-state index contributed by atoms with van der Waals surface area (Å²) in [5.74, 6) is -0.961. The topological polar surface area (TPSA) is 79.2 Å². The predicted molar refractivity (Wildman–Crippen MR) is 98.4 cm³/mol. The van der Waals surface area contributed by atoms with E-state index in [1.807, 2.05) is 43.3 Å². The fraction of sp³-hybridized carbons (Fsp3) is 0.286. The average Bonchev–Trinajstić information content (AvgIpc) is 2.67. The first-order valence-corrected chi connectivity index (χ1v) is 8.55. The van der Waals surface area contributed by atoms with Gasteiger partial charge in [0.2, 0.25) is 0 Å². The molecule has 5 nitrogen and oxygen atoms in total. The van der Waals surface area contributed by atoms with Gasteiger partial charge in [-0.15, -0.1) is 0 Å². The number of nitrogens with zero attached hydrogens (tertiary/aromatic N) is 1. The van der Waals surface area contributed by atoms with Crippen LogP contribution < -0.4 is 5.32 Å². The Morgan fingerprint density at radius 2 is 1.85 bits per heavy atom. The fourth-order valence-electron chi connectivity index (χ4n) is 2.46. The highest BCUT2D eigenvalue weighted by atomic mass is 16.5. The second-order valence-electron chi connectivity index (χ2n) is 6.17. The van der Waals surface area contributed by atoms with Crippen LogP contribution in [0.3, 0.4) is 0 Å². The zero-order chi connectivity index (χ0) is 18.9. The molecule has 1 amide bonds. The van der Waals surface area contributed by atoms with Crippen molar-refractivity contribution in [2.24, 2.45) is 0 Å². The van der Waals surface area contributed by atoms with Gasteiger partial charge < -0.3 is 10.1 Å². The highest BCUT2D eigenvalue weighted by Gasteiger charge is 2.20. The van der Waals surface area contributed by atoms with Crippen molar-refractivity contribution in [2.45, 2.75) is 38.8 Å². The number of aryl methyl sites for hydroxylation is 1.